The average molecular weight is 381 g/mol. The average Bonchev–Trinajstić information content (AvgIpc) is 2.93. The molecule has 0 spiro atoms. The normalized spacial score (nSPS) is 19.7. The van der Waals surface area contributed by atoms with Crippen molar-refractivity contribution in [3.8, 4) is 5.75 Å². The molecular weight excluding hydrogens is 358 g/mol. The van der Waals surface area contributed by atoms with Crippen molar-refractivity contribution in [2.75, 3.05) is 13.2 Å². The zero-order valence-electron chi connectivity index (χ0n) is 15.8. The summed E-state index contributed by atoms with van der Waals surface area (Å²) in [6.45, 7) is 3.93. The standard InChI is InChI=1S/C22H23NO5/c1-3-28-17-11-9-15(10-12-17)19-18(20(25)16-7-5-4-6-8-16)21(26)22(27)23(19)13-14(2)24/h4-12,14,19,24-25H,3,13H2,1-2H3/t14-,19+/m1/s1. The number of benzene rings is 2. The Morgan fingerprint density at radius 3 is 2.32 bits per heavy atom. The molecule has 1 amide bonds. The zero-order chi connectivity index (χ0) is 20.3. The van der Waals surface area contributed by atoms with Crippen LogP contribution in [0.4, 0.5) is 0 Å². The zero-order valence-corrected chi connectivity index (χ0v) is 15.8. The molecule has 0 aliphatic carbocycles. The highest BCUT2D eigenvalue weighted by Gasteiger charge is 2.46. The lowest BCUT2D eigenvalue weighted by molar-refractivity contribution is -0.140. The molecule has 2 N–H and O–H groups in total. The van der Waals surface area contributed by atoms with Gasteiger partial charge in [0.05, 0.1) is 24.3 Å². The van der Waals surface area contributed by atoms with Crippen molar-refractivity contribution in [3.63, 3.8) is 0 Å². The van der Waals surface area contributed by atoms with Crippen LogP contribution in [0.2, 0.25) is 0 Å². The first-order valence-corrected chi connectivity index (χ1v) is 9.18. The predicted molar refractivity (Wildman–Crippen MR) is 105 cm³/mol. The number of Topliss-reactive ketones (excluding diaryl/α,β-unsaturated/α-hetero) is 1. The minimum Gasteiger partial charge on any atom is -0.507 e. The van der Waals surface area contributed by atoms with Gasteiger partial charge < -0.3 is 19.8 Å². The number of hydrogen-bond acceptors (Lipinski definition) is 5. The molecule has 6 heteroatoms. The second kappa shape index (κ2) is 8.27. The molecule has 2 atom stereocenters. The van der Waals surface area contributed by atoms with E-state index >= 15 is 0 Å². The highest BCUT2D eigenvalue weighted by Crippen LogP contribution is 2.39. The molecule has 1 saturated heterocycles. The van der Waals surface area contributed by atoms with Crippen LogP contribution in [0.1, 0.15) is 31.0 Å². The summed E-state index contributed by atoms with van der Waals surface area (Å²) in [7, 11) is 0. The van der Waals surface area contributed by atoms with Gasteiger partial charge in [0.1, 0.15) is 11.5 Å². The quantitative estimate of drug-likeness (QED) is 0.456. The van der Waals surface area contributed by atoms with Gasteiger partial charge in [0, 0.05) is 12.1 Å². The van der Waals surface area contributed by atoms with E-state index in [4.69, 9.17) is 4.74 Å². The van der Waals surface area contributed by atoms with Crippen LogP contribution < -0.4 is 4.74 Å². The van der Waals surface area contributed by atoms with Crippen LogP contribution in [0.3, 0.4) is 0 Å². The maximum absolute atomic E-state index is 12.7. The first-order chi connectivity index (χ1) is 13.4. The number of amides is 1. The summed E-state index contributed by atoms with van der Waals surface area (Å²) in [5.41, 5.74) is 1.12. The van der Waals surface area contributed by atoms with Crippen molar-refractivity contribution < 1.29 is 24.5 Å². The second-order valence-corrected chi connectivity index (χ2v) is 6.67. The highest BCUT2D eigenvalue weighted by molar-refractivity contribution is 6.46. The number of hydrogen-bond donors (Lipinski definition) is 2. The fourth-order valence-corrected chi connectivity index (χ4v) is 3.36. The lowest BCUT2D eigenvalue weighted by Gasteiger charge is -2.26. The lowest BCUT2D eigenvalue weighted by Crippen LogP contribution is -2.35. The van der Waals surface area contributed by atoms with E-state index in [0.717, 1.165) is 0 Å². The van der Waals surface area contributed by atoms with Crippen molar-refractivity contribution in [3.05, 3.63) is 71.3 Å². The van der Waals surface area contributed by atoms with Crippen LogP contribution in [-0.2, 0) is 9.59 Å². The Morgan fingerprint density at radius 1 is 1.11 bits per heavy atom. The molecule has 146 valence electrons. The van der Waals surface area contributed by atoms with Gasteiger partial charge in [-0.1, -0.05) is 42.5 Å². The van der Waals surface area contributed by atoms with Crippen LogP contribution in [0, 0.1) is 0 Å². The van der Waals surface area contributed by atoms with Crippen LogP contribution in [0.25, 0.3) is 5.76 Å². The topological polar surface area (TPSA) is 87.1 Å². The third kappa shape index (κ3) is 3.77. The Hall–Kier alpha value is -3.12. The summed E-state index contributed by atoms with van der Waals surface area (Å²) in [6.07, 6.45) is -0.819. The number of aliphatic hydroxyl groups is 2. The molecular formula is C22H23NO5. The summed E-state index contributed by atoms with van der Waals surface area (Å²) in [5, 5.41) is 20.7. The number of β-amino-alcohol motifs (C(OH)–C–C–N with tert-alkyl or cyclic N) is 1. The van der Waals surface area contributed by atoms with Crippen molar-refractivity contribution in [2.24, 2.45) is 0 Å². The van der Waals surface area contributed by atoms with Crippen molar-refractivity contribution in [2.45, 2.75) is 26.0 Å². The minimum atomic E-state index is -0.819. The van der Waals surface area contributed by atoms with Gasteiger partial charge in [0.25, 0.3) is 11.7 Å². The maximum atomic E-state index is 12.7. The molecule has 0 unspecified atom stereocenters. The fourth-order valence-electron chi connectivity index (χ4n) is 3.36. The Morgan fingerprint density at radius 2 is 1.75 bits per heavy atom. The molecule has 6 nitrogen and oxygen atoms in total. The maximum Gasteiger partial charge on any atom is 0.295 e. The Labute approximate surface area is 163 Å². The van der Waals surface area contributed by atoms with E-state index in [1.54, 1.807) is 61.5 Å². The minimum absolute atomic E-state index is 0.0148. The first-order valence-electron chi connectivity index (χ1n) is 9.18. The number of ether oxygens (including phenoxy) is 1. The van der Waals surface area contributed by atoms with Gasteiger partial charge in [-0.05, 0) is 31.5 Å². The Balaban J connectivity index is 2.12. The summed E-state index contributed by atoms with van der Waals surface area (Å²) >= 11 is 0. The molecule has 0 bridgehead atoms. The van der Waals surface area contributed by atoms with E-state index in [1.165, 1.54) is 4.90 Å². The monoisotopic (exact) mass is 381 g/mol. The van der Waals surface area contributed by atoms with Crippen LogP contribution >= 0.6 is 0 Å². The number of nitrogens with zero attached hydrogens (tertiary/aromatic N) is 1. The van der Waals surface area contributed by atoms with E-state index < -0.39 is 23.8 Å². The van der Waals surface area contributed by atoms with Gasteiger partial charge in [-0.15, -0.1) is 0 Å². The number of rotatable bonds is 6. The van der Waals surface area contributed by atoms with Crippen molar-refractivity contribution in [1.29, 1.82) is 0 Å². The summed E-state index contributed by atoms with van der Waals surface area (Å²) in [4.78, 5) is 26.7. The van der Waals surface area contributed by atoms with E-state index in [2.05, 4.69) is 0 Å². The molecule has 1 heterocycles. The van der Waals surface area contributed by atoms with Crippen LogP contribution in [-0.4, -0.2) is 46.1 Å². The number of aliphatic hydroxyl groups excluding tert-OH is 2. The van der Waals surface area contributed by atoms with Gasteiger partial charge in [-0.25, -0.2) is 0 Å². The van der Waals surface area contributed by atoms with Crippen molar-refractivity contribution in [1.82, 2.24) is 4.90 Å². The van der Waals surface area contributed by atoms with Gasteiger partial charge in [0.2, 0.25) is 0 Å². The number of carbonyl (C=O) groups excluding carboxylic acids is 2. The predicted octanol–water partition coefficient (Wildman–Crippen LogP) is 2.89. The van der Waals surface area contributed by atoms with E-state index in [-0.39, 0.29) is 17.9 Å². The van der Waals surface area contributed by atoms with Crippen LogP contribution in [0.5, 0.6) is 5.75 Å². The molecule has 1 fully saturated rings. The number of likely N-dealkylation sites (tertiary alicyclic amines) is 1. The van der Waals surface area contributed by atoms with Gasteiger partial charge in [-0.3, -0.25) is 9.59 Å². The third-order valence-corrected chi connectivity index (χ3v) is 4.55. The van der Waals surface area contributed by atoms with Gasteiger partial charge in [-0.2, -0.15) is 0 Å². The van der Waals surface area contributed by atoms with E-state index in [9.17, 15) is 19.8 Å². The molecule has 28 heavy (non-hydrogen) atoms. The van der Waals surface area contributed by atoms with E-state index in [1.807, 2.05) is 6.92 Å². The molecule has 0 saturated carbocycles. The van der Waals surface area contributed by atoms with Gasteiger partial charge >= 0.3 is 0 Å². The Bertz CT molecular complexity index is 887. The highest BCUT2D eigenvalue weighted by atomic mass is 16.5. The molecule has 2 aromatic carbocycles. The largest absolute Gasteiger partial charge is 0.507 e. The number of carbonyl (C=O) groups is 2. The SMILES string of the molecule is CCOc1ccc([C@H]2C(=C(O)c3ccccc3)C(=O)C(=O)N2C[C@@H](C)O)cc1. The molecule has 0 aromatic heterocycles. The second-order valence-electron chi connectivity index (χ2n) is 6.67. The smallest absolute Gasteiger partial charge is 0.295 e. The summed E-state index contributed by atoms with van der Waals surface area (Å²) in [5.74, 6) is -1.06. The first kappa shape index (κ1) is 19.6. The molecule has 1 aliphatic heterocycles. The van der Waals surface area contributed by atoms with Crippen molar-refractivity contribution >= 4 is 17.4 Å². The molecule has 1 aliphatic rings. The van der Waals surface area contributed by atoms with Crippen LogP contribution in [0.15, 0.2) is 60.2 Å². The Kier molecular flexibility index (Phi) is 5.80. The molecule has 2 aromatic rings. The summed E-state index contributed by atoms with van der Waals surface area (Å²) < 4.78 is 5.45. The lowest BCUT2D eigenvalue weighted by atomic mass is 9.95. The third-order valence-electron chi connectivity index (χ3n) is 4.55. The van der Waals surface area contributed by atoms with Gasteiger partial charge in [0.15, 0.2) is 0 Å². The molecule has 3 rings (SSSR count). The number of ketones is 1. The summed E-state index contributed by atoms with van der Waals surface area (Å²) in [6, 6.07) is 14.9. The molecule has 0 radical (unpaired) electrons. The van der Waals surface area contributed by atoms with E-state index in [0.29, 0.717) is 23.5 Å². The fraction of sp³-hybridized carbons (Fsp3) is 0.273.